The highest BCUT2D eigenvalue weighted by Crippen LogP contribution is 1.97. The SMILES string of the molecule is O=C(O)NCc1ccco1. The average molecular weight is 141 g/mol. The highest BCUT2D eigenvalue weighted by atomic mass is 16.4. The van der Waals surface area contributed by atoms with Crippen LogP contribution >= 0.6 is 0 Å². The molecule has 1 amide bonds. The van der Waals surface area contributed by atoms with Gasteiger partial charge in [0.2, 0.25) is 0 Å². The van der Waals surface area contributed by atoms with E-state index in [9.17, 15) is 4.79 Å². The van der Waals surface area contributed by atoms with Gasteiger partial charge in [0.25, 0.3) is 0 Å². The van der Waals surface area contributed by atoms with Crippen molar-refractivity contribution in [1.82, 2.24) is 5.32 Å². The van der Waals surface area contributed by atoms with Crippen LogP contribution in [0.15, 0.2) is 22.8 Å². The Morgan fingerprint density at radius 1 is 1.80 bits per heavy atom. The molecule has 0 saturated heterocycles. The number of rotatable bonds is 2. The number of nitrogens with one attached hydrogen (secondary N) is 1. The minimum atomic E-state index is -1.04. The lowest BCUT2D eigenvalue weighted by Crippen LogP contribution is -2.19. The molecule has 0 atom stereocenters. The van der Waals surface area contributed by atoms with Gasteiger partial charge in [-0.2, -0.15) is 0 Å². The first-order valence-electron chi connectivity index (χ1n) is 2.78. The lowest BCUT2D eigenvalue weighted by atomic mass is 10.4. The number of carboxylic acid groups (broad SMARTS) is 1. The van der Waals surface area contributed by atoms with Crippen LogP contribution in [0.3, 0.4) is 0 Å². The van der Waals surface area contributed by atoms with Crippen LogP contribution in [0.1, 0.15) is 5.76 Å². The molecule has 0 saturated carbocycles. The molecule has 2 N–H and O–H groups in total. The largest absolute Gasteiger partial charge is 0.467 e. The molecule has 1 heterocycles. The molecular formula is C6H7NO3. The smallest absolute Gasteiger partial charge is 0.405 e. The van der Waals surface area contributed by atoms with Crippen LogP contribution in [0, 0.1) is 0 Å². The van der Waals surface area contributed by atoms with Crippen molar-refractivity contribution in [2.75, 3.05) is 0 Å². The summed E-state index contributed by atoms with van der Waals surface area (Å²) >= 11 is 0. The summed E-state index contributed by atoms with van der Waals surface area (Å²) < 4.78 is 4.86. The maximum absolute atomic E-state index is 9.94. The molecule has 0 aliphatic heterocycles. The summed E-state index contributed by atoms with van der Waals surface area (Å²) in [7, 11) is 0. The number of hydrogen-bond donors (Lipinski definition) is 2. The minimum Gasteiger partial charge on any atom is -0.467 e. The van der Waals surface area contributed by atoms with Gasteiger partial charge in [-0.25, -0.2) is 4.79 Å². The molecule has 0 aliphatic carbocycles. The zero-order valence-corrected chi connectivity index (χ0v) is 5.20. The summed E-state index contributed by atoms with van der Waals surface area (Å²) in [5.74, 6) is 0.613. The summed E-state index contributed by atoms with van der Waals surface area (Å²) in [5, 5.41) is 10.3. The summed E-state index contributed by atoms with van der Waals surface area (Å²) in [6.07, 6.45) is 0.454. The lowest BCUT2D eigenvalue weighted by Gasteiger charge is -1.94. The van der Waals surface area contributed by atoms with E-state index < -0.39 is 6.09 Å². The van der Waals surface area contributed by atoms with Gasteiger partial charge in [-0.1, -0.05) is 0 Å². The van der Waals surface area contributed by atoms with Gasteiger partial charge >= 0.3 is 6.09 Å². The van der Waals surface area contributed by atoms with Gasteiger partial charge in [0.1, 0.15) is 5.76 Å². The van der Waals surface area contributed by atoms with Crippen LogP contribution in [0.2, 0.25) is 0 Å². The van der Waals surface area contributed by atoms with E-state index in [1.165, 1.54) is 6.26 Å². The fourth-order valence-electron chi connectivity index (χ4n) is 0.576. The first-order chi connectivity index (χ1) is 4.79. The molecule has 4 nitrogen and oxygen atoms in total. The second-order valence-electron chi connectivity index (χ2n) is 1.74. The summed E-state index contributed by atoms with van der Waals surface area (Å²) in [6, 6.07) is 3.41. The Morgan fingerprint density at radius 3 is 3.10 bits per heavy atom. The number of furan rings is 1. The average Bonchev–Trinajstić information content (AvgIpc) is 2.34. The van der Waals surface area contributed by atoms with Crippen LogP contribution in [-0.4, -0.2) is 11.2 Å². The molecular weight excluding hydrogens is 134 g/mol. The maximum Gasteiger partial charge on any atom is 0.405 e. The van der Waals surface area contributed by atoms with Crippen LogP contribution in [0.4, 0.5) is 4.79 Å². The molecule has 0 aliphatic rings. The second kappa shape index (κ2) is 2.91. The quantitative estimate of drug-likeness (QED) is 0.647. The third-order valence-corrected chi connectivity index (χ3v) is 0.994. The van der Waals surface area contributed by atoms with E-state index in [4.69, 9.17) is 9.52 Å². The van der Waals surface area contributed by atoms with E-state index in [-0.39, 0.29) is 6.54 Å². The van der Waals surface area contributed by atoms with E-state index in [2.05, 4.69) is 5.32 Å². The summed E-state index contributed by atoms with van der Waals surface area (Å²) in [5.41, 5.74) is 0. The molecule has 10 heavy (non-hydrogen) atoms. The van der Waals surface area contributed by atoms with E-state index in [0.717, 1.165) is 0 Å². The second-order valence-corrected chi connectivity index (χ2v) is 1.74. The first-order valence-corrected chi connectivity index (χ1v) is 2.78. The topological polar surface area (TPSA) is 62.5 Å². The van der Waals surface area contributed by atoms with Crippen molar-refractivity contribution < 1.29 is 14.3 Å². The Bertz CT molecular complexity index is 205. The molecule has 0 spiro atoms. The van der Waals surface area contributed by atoms with Crippen molar-refractivity contribution in [3.63, 3.8) is 0 Å². The van der Waals surface area contributed by atoms with E-state index >= 15 is 0 Å². The summed E-state index contributed by atoms with van der Waals surface area (Å²) in [4.78, 5) is 9.94. The fraction of sp³-hybridized carbons (Fsp3) is 0.167. The summed E-state index contributed by atoms with van der Waals surface area (Å²) in [6.45, 7) is 0.225. The maximum atomic E-state index is 9.94. The lowest BCUT2D eigenvalue weighted by molar-refractivity contribution is 0.193. The van der Waals surface area contributed by atoms with E-state index in [1.54, 1.807) is 12.1 Å². The third-order valence-electron chi connectivity index (χ3n) is 0.994. The molecule has 0 radical (unpaired) electrons. The normalized spacial score (nSPS) is 9.20. The zero-order valence-electron chi connectivity index (χ0n) is 5.20. The number of amides is 1. The van der Waals surface area contributed by atoms with Gasteiger partial charge in [0.05, 0.1) is 12.8 Å². The monoisotopic (exact) mass is 141 g/mol. The van der Waals surface area contributed by atoms with Crippen LogP contribution < -0.4 is 5.32 Å². The predicted octanol–water partition coefficient (Wildman–Crippen LogP) is 1.05. The van der Waals surface area contributed by atoms with Gasteiger partial charge in [-0.3, -0.25) is 0 Å². The Balaban J connectivity index is 2.35. The molecule has 0 unspecified atom stereocenters. The third kappa shape index (κ3) is 1.81. The molecule has 4 heteroatoms. The highest BCUT2D eigenvalue weighted by molar-refractivity contribution is 5.64. The fourth-order valence-corrected chi connectivity index (χ4v) is 0.576. The minimum absolute atomic E-state index is 0.225. The molecule has 1 aromatic rings. The van der Waals surface area contributed by atoms with Crippen LogP contribution in [0.5, 0.6) is 0 Å². The molecule has 0 aromatic carbocycles. The Kier molecular flexibility index (Phi) is 1.94. The molecule has 1 rings (SSSR count). The van der Waals surface area contributed by atoms with Crippen molar-refractivity contribution in [2.45, 2.75) is 6.54 Å². The zero-order chi connectivity index (χ0) is 7.40. The predicted molar refractivity (Wildman–Crippen MR) is 33.6 cm³/mol. The first kappa shape index (κ1) is 6.67. The molecule has 0 fully saturated rings. The van der Waals surface area contributed by atoms with Crippen molar-refractivity contribution in [1.29, 1.82) is 0 Å². The van der Waals surface area contributed by atoms with E-state index in [1.807, 2.05) is 0 Å². The molecule has 0 bridgehead atoms. The Morgan fingerprint density at radius 2 is 2.60 bits per heavy atom. The van der Waals surface area contributed by atoms with Crippen molar-refractivity contribution in [3.8, 4) is 0 Å². The van der Waals surface area contributed by atoms with Gasteiger partial charge in [-0.05, 0) is 12.1 Å². The molecule has 1 aromatic heterocycles. The van der Waals surface area contributed by atoms with Crippen molar-refractivity contribution in [2.24, 2.45) is 0 Å². The Hall–Kier alpha value is -1.45. The highest BCUT2D eigenvalue weighted by Gasteiger charge is 1.96. The van der Waals surface area contributed by atoms with Gasteiger partial charge in [0.15, 0.2) is 0 Å². The van der Waals surface area contributed by atoms with Gasteiger partial charge < -0.3 is 14.8 Å². The van der Waals surface area contributed by atoms with Crippen LogP contribution in [0.25, 0.3) is 0 Å². The van der Waals surface area contributed by atoms with E-state index in [0.29, 0.717) is 5.76 Å². The standard InChI is InChI=1S/C6H7NO3/c8-6(9)7-4-5-2-1-3-10-5/h1-3,7H,4H2,(H,8,9). The van der Waals surface area contributed by atoms with Gasteiger partial charge in [-0.15, -0.1) is 0 Å². The Labute approximate surface area is 57.5 Å². The van der Waals surface area contributed by atoms with Crippen molar-refractivity contribution >= 4 is 6.09 Å². The van der Waals surface area contributed by atoms with Gasteiger partial charge in [0, 0.05) is 0 Å². The van der Waals surface area contributed by atoms with Crippen LogP contribution in [-0.2, 0) is 6.54 Å². The van der Waals surface area contributed by atoms with Crippen molar-refractivity contribution in [3.05, 3.63) is 24.2 Å². The number of carbonyl (C=O) groups is 1. The number of hydrogen-bond acceptors (Lipinski definition) is 2. The molecule has 54 valence electrons.